The Morgan fingerprint density at radius 1 is 1.12 bits per heavy atom. The van der Waals surface area contributed by atoms with Crippen LogP contribution in [0.2, 0.25) is 0 Å². The second-order valence-electron chi connectivity index (χ2n) is 6.02. The number of nitro benzene ring substituents is 1. The van der Waals surface area contributed by atoms with Crippen LogP contribution in [0.5, 0.6) is 0 Å². The molecular formula is C18H20N3O3+. The van der Waals surface area contributed by atoms with E-state index >= 15 is 0 Å². The van der Waals surface area contributed by atoms with Crippen LogP contribution in [0.15, 0.2) is 48.5 Å². The van der Waals surface area contributed by atoms with Gasteiger partial charge < -0.3 is 9.80 Å². The van der Waals surface area contributed by atoms with Gasteiger partial charge in [0.1, 0.15) is 18.5 Å². The van der Waals surface area contributed by atoms with E-state index in [1.54, 1.807) is 12.1 Å². The van der Waals surface area contributed by atoms with E-state index in [-0.39, 0.29) is 5.69 Å². The molecule has 1 saturated heterocycles. The van der Waals surface area contributed by atoms with Crippen LogP contribution < -0.4 is 9.80 Å². The van der Waals surface area contributed by atoms with Gasteiger partial charge in [-0.3, -0.25) is 14.9 Å². The van der Waals surface area contributed by atoms with Crippen molar-refractivity contribution in [1.29, 1.82) is 0 Å². The standard InChI is InChI=1S/C18H19N3O3/c22-14-16-6-7-17(18(12-16)21(23)24)20-10-8-19(9-11-20)13-15-4-2-1-3-5-15/h1-7,12,14H,8-11,13H2/p+1. The molecule has 0 unspecified atom stereocenters. The quantitative estimate of drug-likeness (QED) is 0.511. The van der Waals surface area contributed by atoms with Crippen LogP contribution in [0.4, 0.5) is 11.4 Å². The first-order chi connectivity index (χ1) is 11.7. The number of nitrogens with one attached hydrogen (secondary N) is 1. The van der Waals surface area contributed by atoms with Crippen molar-refractivity contribution in [3.8, 4) is 0 Å². The van der Waals surface area contributed by atoms with Crippen molar-refractivity contribution in [2.75, 3.05) is 31.1 Å². The van der Waals surface area contributed by atoms with Gasteiger partial charge >= 0.3 is 0 Å². The fraction of sp³-hybridized carbons (Fsp3) is 0.278. The average molecular weight is 326 g/mol. The SMILES string of the molecule is O=Cc1ccc(N2CC[NH+](Cc3ccccc3)CC2)c([N+](=O)[O-])c1. The van der Waals surface area contributed by atoms with E-state index in [1.165, 1.54) is 16.5 Å². The maximum atomic E-state index is 11.3. The summed E-state index contributed by atoms with van der Waals surface area (Å²) in [4.78, 5) is 25.2. The molecule has 0 saturated carbocycles. The van der Waals surface area contributed by atoms with Crippen LogP contribution in [-0.2, 0) is 6.54 Å². The molecule has 0 amide bonds. The lowest BCUT2D eigenvalue weighted by atomic mass is 10.1. The van der Waals surface area contributed by atoms with E-state index in [0.29, 0.717) is 17.5 Å². The van der Waals surface area contributed by atoms with Crippen molar-refractivity contribution >= 4 is 17.7 Å². The molecule has 1 N–H and O–H groups in total. The number of rotatable bonds is 5. The van der Waals surface area contributed by atoms with Crippen molar-refractivity contribution in [1.82, 2.24) is 0 Å². The summed E-state index contributed by atoms with van der Waals surface area (Å²) in [5.41, 5.74) is 2.25. The van der Waals surface area contributed by atoms with E-state index < -0.39 is 4.92 Å². The Kier molecular flexibility index (Phi) is 4.86. The Balaban J connectivity index is 1.68. The third-order valence-corrected chi connectivity index (χ3v) is 4.44. The molecule has 0 aliphatic carbocycles. The molecule has 0 spiro atoms. The number of benzene rings is 2. The molecule has 6 heteroatoms. The molecule has 0 aromatic heterocycles. The zero-order valence-corrected chi connectivity index (χ0v) is 13.4. The van der Waals surface area contributed by atoms with Crippen molar-refractivity contribution in [2.45, 2.75) is 6.54 Å². The van der Waals surface area contributed by atoms with Gasteiger partial charge in [0.15, 0.2) is 0 Å². The van der Waals surface area contributed by atoms with Crippen molar-refractivity contribution in [3.05, 3.63) is 69.8 Å². The number of nitrogens with zero attached hydrogens (tertiary/aromatic N) is 2. The van der Waals surface area contributed by atoms with Crippen LogP contribution in [0.1, 0.15) is 15.9 Å². The maximum Gasteiger partial charge on any atom is 0.293 e. The van der Waals surface area contributed by atoms with E-state index in [9.17, 15) is 14.9 Å². The lowest BCUT2D eigenvalue weighted by Gasteiger charge is -2.33. The molecule has 124 valence electrons. The molecule has 3 rings (SSSR count). The highest BCUT2D eigenvalue weighted by Crippen LogP contribution is 2.28. The molecule has 0 radical (unpaired) electrons. The summed E-state index contributed by atoms with van der Waals surface area (Å²) in [6.45, 7) is 4.37. The maximum absolute atomic E-state index is 11.3. The van der Waals surface area contributed by atoms with Gasteiger partial charge in [0.25, 0.3) is 5.69 Å². The second-order valence-corrected chi connectivity index (χ2v) is 6.02. The molecule has 1 heterocycles. The number of carbonyl (C=O) groups excluding carboxylic acids is 1. The van der Waals surface area contributed by atoms with Crippen molar-refractivity contribution in [2.24, 2.45) is 0 Å². The van der Waals surface area contributed by atoms with Crippen LogP contribution in [-0.4, -0.2) is 37.4 Å². The highest BCUT2D eigenvalue weighted by molar-refractivity contribution is 5.79. The first kappa shape index (κ1) is 16.1. The van der Waals surface area contributed by atoms with Gasteiger partial charge in [-0.05, 0) is 12.1 Å². The Morgan fingerprint density at radius 3 is 2.46 bits per heavy atom. The van der Waals surface area contributed by atoms with Gasteiger partial charge in [-0.1, -0.05) is 30.3 Å². The Morgan fingerprint density at radius 2 is 1.83 bits per heavy atom. The molecule has 24 heavy (non-hydrogen) atoms. The Bertz CT molecular complexity index is 726. The molecular weight excluding hydrogens is 306 g/mol. The van der Waals surface area contributed by atoms with Gasteiger partial charge in [0.05, 0.1) is 31.1 Å². The summed E-state index contributed by atoms with van der Waals surface area (Å²) < 4.78 is 0. The molecule has 0 bridgehead atoms. The minimum atomic E-state index is -0.411. The molecule has 1 fully saturated rings. The fourth-order valence-corrected chi connectivity index (χ4v) is 3.15. The summed E-state index contributed by atoms with van der Waals surface area (Å²) in [5, 5.41) is 11.3. The summed E-state index contributed by atoms with van der Waals surface area (Å²) in [7, 11) is 0. The molecule has 1 aliphatic rings. The zero-order chi connectivity index (χ0) is 16.9. The Labute approximate surface area is 140 Å². The predicted octanol–water partition coefficient (Wildman–Crippen LogP) is 1.31. The molecule has 2 aromatic rings. The normalized spacial score (nSPS) is 15.2. The summed E-state index contributed by atoms with van der Waals surface area (Å²) in [6.07, 6.45) is 0.638. The first-order valence-corrected chi connectivity index (χ1v) is 8.03. The number of hydrogen-bond donors (Lipinski definition) is 1. The molecule has 0 atom stereocenters. The highest BCUT2D eigenvalue weighted by atomic mass is 16.6. The van der Waals surface area contributed by atoms with Crippen molar-refractivity contribution < 1.29 is 14.6 Å². The third-order valence-electron chi connectivity index (χ3n) is 4.44. The lowest BCUT2D eigenvalue weighted by molar-refractivity contribution is -0.914. The third kappa shape index (κ3) is 3.60. The zero-order valence-electron chi connectivity index (χ0n) is 13.4. The second kappa shape index (κ2) is 7.23. The van der Waals surface area contributed by atoms with Gasteiger partial charge in [-0.25, -0.2) is 0 Å². The van der Waals surface area contributed by atoms with E-state index in [0.717, 1.165) is 32.7 Å². The van der Waals surface area contributed by atoms with Gasteiger partial charge in [-0.2, -0.15) is 0 Å². The lowest BCUT2D eigenvalue weighted by Crippen LogP contribution is -3.13. The molecule has 1 aliphatic heterocycles. The number of carbonyl (C=O) groups is 1. The minimum absolute atomic E-state index is 0.00566. The summed E-state index contributed by atoms with van der Waals surface area (Å²) in [6, 6.07) is 15.0. The predicted molar refractivity (Wildman–Crippen MR) is 91.5 cm³/mol. The van der Waals surface area contributed by atoms with Gasteiger partial charge in [0, 0.05) is 17.2 Å². The summed E-state index contributed by atoms with van der Waals surface area (Å²) in [5.74, 6) is 0. The number of quaternary nitrogens is 1. The first-order valence-electron chi connectivity index (χ1n) is 8.03. The monoisotopic (exact) mass is 326 g/mol. The van der Waals surface area contributed by atoms with E-state index in [1.807, 2.05) is 23.1 Å². The van der Waals surface area contributed by atoms with Crippen LogP contribution in [0, 0.1) is 10.1 Å². The van der Waals surface area contributed by atoms with Crippen molar-refractivity contribution in [3.63, 3.8) is 0 Å². The number of aldehydes is 1. The van der Waals surface area contributed by atoms with Crippen LogP contribution in [0.3, 0.4) is 0 Å². The Hall–Kier alpha value is -2.73. The molecule has 2 aromatic carbocycles. The highest BCUT2D eigenvalue weighted by Gasteiger charge is 2.25. The number of anilines is 1. The fourth-order valence-electron chi connectivity index (χ4n) is 3.15. The van der Waals surface area contributed by atoms with Crippen LogP contribution >= 0.6 is 0 Å². The average Bonchev–Trinajstić information content (AvgIpc) is 2.63. The number of hydrogen-bond acceptors (Lipinski definition) is 4. The topological polar surface area (TPSA) is 67.9 Å². The largest absolute Gasteiger partial charge is 0.355 e. The van der Waals surface area contributed by atoms with E-state index in [4.69, 9.17) is 0 Å². The van der Waals surface area contributed by atoms with Crippen LogP contribution in [0.25, 0.3) is 0 Å². The van der Waals surface area contributed by atoms with E-state index in [2.05, 4.69) is 12.1 Å². The smallest absolute Gasteiger partial charge is 0.293 e. The number of piperazine rings is 1. The summed E-state index contributed by atoms with van der Waals surface area (Å²) >= 11 is 0. The number of nitro groups is 1. The van der Waals surface area contributed by atoms with Gasteiger partial charge in [-0.15, -0.1) is 0 Å². The minimum Gasteiger partial charge on any atom is -0.355 e. The molecule has 6 nitrogen and oxygen atoms in total. The van der Waals surface area contributed by atoms with Gasteiger partial charge in [0.2, 0.25) is 0 Å².